The SMILES string of the molecule is CC[C@@H]1CC[C@H](F)[C@H](N(c2cnc(-c3ccc(-n4cc(F)c(C#N)n4)cc3O)nn2)C2CC2)C1. The van der Waals surface area contributed by atoms with E-state index < -0.39 is 12.0 Å². The molecule has 2 aromatic heterocycles. The number of alkyl halides is 1. The first kappa shape index (κ1) is 22.2. The fourth-order valence-corrected chi connectivity index (χ4v) is 4.76. The first-order valence-electron chi connectivity index (χ1n) is 11.6. The molecule has 2 heterocycles. The van der Waals surface area contributed by atoms with Crippen LogP contribution in [0.5, 0.6) is 5.75 Å². The van der Waals surface area contributed by atoms with Crippen LogP contribution in [0, 0.1) is 23.1 Å². The van der Waals surface area contributed by atoms with Crippen LogP contribution in [-0.4, -0.2) is 48.3 Å². The summed E-state index contributed by atoms with van der Waals surface area (Å²) in [5, 5.41) is 31.9. The summed E-state index contributed by atoms with van der Waals surface area (Å²) in [6, 6.07) is 6.30. The number of phenols is 1. The Morgan fingerprint density at radius 3 is 2.68 bits per heavy atom. The molecule has 3 aromatic rings. The lowest BCUT2D eigenvalue weighted by molar-refractivity contribution is 0.166. The summed E-state index contributed by atoms with van der Waals surface area (Å²) >= 11 is 0. The van der Waals surface area contributed by atoms with E-state index in [0.29, 0.717) is 29.4 Å². The maximum Gasteiger partial charge on any atom is 0.198 e. The van der Waals surface area contributed by atoms with Crippen LogP contribution >= 0.6 is 0 Å². The van der Waals surface area contributed by atoms with Gasteiger partial charge in [-0.3, -0.25) is 0 Å². The van der Waals surface area contributed by atoms with Crippen molar-refractivity contribution < 1.29 is 13.9 Å². The van der Waals surface area contributed by atoms with Crippen molar-refractivity contribution in [3.63, 3.8) is 0 Å². The van der Waals surface area contributed by atoms with Crippen LogP contribution in [0.1, 0.15) is 51.1 Å². The van der Waals surface area contributed by atoms with E-state index in [1.165, 1.54) is 10.7 Å². The molecule has 0 spiro atoms. The van der Waals surface area contributed by atoms with E-state index in [-0.39, 0.29) is 29.4 Å². The summed E-state index contributed by atoms with van der Waals surface area (Å²) in [6.07, 6.45) is 7.13. The van der Waals surface area contributed by atoms with Crippen molar-refractivity contribution in [2.75, 3.05) is 4.90 Å². The van der Waals surface area contributed by atoms with Crippen molar-refractivity contribution >= 4 is 5.82 Å². The average Bonchev–Trinajstić information content (AvgIpc) is 3.61. The molecule has 2 aliphatic carbocycles. The first-order chi connectivity index (χ1) is 16.5. The zero-order valence-corrected chi connectivity index (χ0v) is 18.8. The van der Waals surface area contributed by atoms with E-state index in [1.807, 2.05) is 0 Å². The van der Waals surface area contributed by atoms with E-state index in [0.717, 1.165) is 38.3 Å². The van der Waals surface area contributed by atoms with Crippen LogP contribution in [0.3, 0.4) is 0 Å². The maximum absolute atomic E-state index is 14.9. The topological polar surface area (TPSA) is 104 Å². The number of benzene rings is 1. The molecule has 10 heteroatoms. The van der Waals surface area contributed by atoms with Crippen molar-refractivity contribution in [2.45, 2.75) is 63.7 Å². The molecule has 8 nitrogen and oxygen atoms in total. The zero-order chi connectivity index (χ0) is 23.8. The summed E-state index contributed by atoms with van der Waals surface area (Å²) in [7, 11) is 0. The first-order valence-corrected chi connectivity index (χ1v) is 11.6. The lowest BCUT2D eigenvalue weighted by Gasteiger charge is -2.40. The highest BCUT2D eigenvalue weighted by molar-refractivity contribution is 5.66. The lowest BCUT2D eigenvalue weighted by Crippen LogP contribution is -2.47. The number of hydrogen-bond donors (Lipinski definition) is 1. The summed E-state index contributed by atoms with van der Waals surface area (Å²) < 4.78 is 29.8. The van der Waals surface area contributed by atoms with Crippen molar-refractivity contribution in [1.82, 2.24) is 25.0 Å². The van der Waals surface area contributed by atoms with E-state index in [2.05, 4.69) is 32.1 Å². The Morgan fingerprint density at radius 1 is 1.24 bits per heavy atom. The molecule has 2 fully saturated rings. The van der Waals surface area contributed by atoms with Gasteiger partial charge in [0.05, 0.1) is 29.7 Å². The number of nitrogens with zero attached hydrogens (tertiary/aromatic N) is 7. The predicted molar refractivity (Wildman–Crippen MR) is 121 cm³/mol. The third kappa shape index (κ3) is 4.18. The van der Waals surface area contributed by atoms with E-state index in [4.69, 9.17) is 5.26 Å². The van der Waals surface area contributed by atoms with E-state index in [9.17, 15) is 13.9 Å². The largest absolute Gasteiger partial charge is 0.507 e. The van der Waals surface area contributed by atoms with Crippen molar-refractivity contribution in [1.29, 1.82) is 5.26 Å². The molecule has 0 unspecified atom stereocenters. The highest BCUT2D eigenvalue weighted by atomic mass is 19.1. The van der Waals surface area contributed by atoms with E-state index in [1.54, 1.807) is 24.4 Å². The second kappa shape index (κ2) is 8.97. The number of nitriles is 1. The molecule has 5 rings (SSSR count). The summed E-state index contributed by atoms with van der Waals surface area (Å²) in [5.74, 6) is 0.416. The molecule has 0 aliphatic heterocycles. The molecule has 176 valence electrons. The molecule has 0 radical (unpaired) electrons. The van der Waals surface area contributed by atoms with Crippen LogP contribution < -0.4 is 4.90 Å². The highest BCUT2D eigenvalue weighted by Gasteiger charge is 2.41. The number of hydrogen-bond acceptors (Lipinski definition) is 7. The van der Waals surface area contributed by atoms with Gasteiger partial charge < -0.3 is 10.0 Å². The van der Waals surface area contributed by atoms with Gasteiger partial charge in [0.15, 0.2) is 23.2 Å². The van der Waals surface area contributed by atoms with E-state index >= 15 is 0 Å². The smallest absolute Gasteiger partial charge is 0.198 e. The molecule has 0 amide bonds. The van der Waals surface area contributed by atoms with Gasteiger partial charge in [-0.15, -0.1) is 10.2 Å². The molecular weight excluding hydrogens is 440 g/mol. The van der Waals surface area contributed by atoms with Crippen molar-refractivity contribution in [3.05, 3.63) is 42.1 Å². The Labute approximate surface area is 195 Å². The van der Waals surface area contributed by atoms with Crippen LogP contribution in [0.2, 0.25) is 0 Å². The van der Waals surface area contributed by atoms with Gasteiger partial charge in [-0.2, -0.15) is 10.4 Å². The molecule has 1 aromatic carbocycles. The van der Waals surface area contributed by atoms with Gasteiger partial charge in [-0.05, 0) is 50.2 Å². The number of rotatable bonds is 6. The van der Waals surface area contributed by atoms with Crippen LogP contribution in [0.25, 0.3) is 17.1 Å². The summed E-state index contributed by atoms with van der Waals surface area (Å²) in [6.45, 7) is 2.15. The Morgan fingerprint density at radius 2 is 2.06 bits per heavy atom. The fourth-order valence-electron chi connectivity index (χ4n) is 4.76. The Bertz CT molecular complexity index is 1220. The number of aromatic nitrogens is 5. The van der Waals surface area contributed by atoms with Crippen LogP contribution in [-0.2, 0) is 0 Å². The van der Waals surface area contributed by atoms with Gasteiger partial charge in [0.2, 0.25) is 0 Å². The molecule has 34 heavy (non-hydrogen) atoms. The second-order valence-corrected chi connectivity index (χ2v) is 9.03. The molecule has 0 bridgehead atoms. The Balaban J connectivity index is 1.39. The molecule has 1 N–H and O–H groups in total. The van der Waals surface area contributed by atoms with Gasteiger partial charge in [0.25, 0.3) is 0 Å². The third-order valence-electron chi connectivity index (χ3n) is 6.79. The standard InChI is InChI=1S/C24H25F2N7O/c1-2-14-3-8-18(25)21(9-14)33(15-4-5-15)23-12-28-24(30-29-23)17-7-6-16(10-22(17)34)32-13-19(26)20(11-27)31-32/h6-7,10,12-15,18,21,34H,2-5,8-9H2,1H3/t14-,18+,21-/m1/s1. The minimum Gasteiger partial charge on any atom is -0.507 e. The van der Waals surface area contributed by atoms with Gasteiger partial charge in [0, 0.05) is 12.1 Å². The molecule has 2 saturated carbocycles. The molecule has 0 saturated heterocycles. The Hall–Kier alpha value is -3.61. The minimum atomic E-state index is -0.893. The average molecular weight is 466 g/mol. The molecule has 3 atom stereocenters. The van der Waals surface area contributed by atoms with Gasteiger partial charge in [0.1, 0.15) is 18.0 Å². The van der Waals surface area contributed by atoms with Gasteiger partial charge >= 0.3 is 0 Å². The predicted octanol–water partition coefficient (Wildman–Crippen LogP) is 4.33. The number of aromatic hydroxyl groups is 1. The fraction of sp³-hybridized carbons (Fsp3) is 0.458. The highest BCUT2D eigenvalue weighted by Crippen LogP contribution is 2.40. The van der Waals surface area contributed by atoms with Crippen LogP contribution in [0.4, 0.5) is 14.6 Å². The normalized spacial score (nSPS) is 22.4. The monoisotopic (exact) mass is 465 g/mol. The van der Waals surface area contributed by atoms with Crippen LogP contribution in [0.15, 0.2) is 30.6 Å². The maximum atomic E-state index is 14.9. The second-order valence-electron chi connectivity index (χ2n) is 9.03. The molecular formula is C24H25F2N7O. The third-order valence-corrected chi connectivity index (χ3v) is 6.79. The minimum absolute atomic E-state index is 0.137. The summed E-state index contributed by atoms with van der Waals surface area (Å²) in [4.78, 5) is 6.48. The summed E-state index contributed by atoms with van der Waals surface area (Å²) in [5.41, 5.74) is 0.398. The number of phenolic OH excluding ortho intramolecular Hbond substituents is 1. The number of anilines is 1. The lowest BCUT2D eigenvalue weighted by atomic mass is 9.82. The zero-order valence-electron chi connectivity index (χ0n) is 18.8. The number of halogens is 2. The molecule has 2 aliphatic rings. The van der Waals surface area contributed by atoms with Crippen molar-refractivity contribution in [3.8, 4) is 28.9 Å². The Kier molecular flexibility index (Phi) is 5.86. The van der Waals surface area contributed by atoms with Gasteiger partial charge in [-0.1, -0.05) is 13.3 Å². The van der Waals surface area contributed by atoms with Gasteiger partial charge in [-0.25, -0.2) is 18.4 Å². The quantitative estimate of drug-likeness (QED) is 0.578. The van der Waals surface area contributed by atoms with Crippen molar-refractivity contribution in [2.24, 2.45) is 5.92 Å².